The Kier molecular flexibility index (Phi) is 10.2. The van der Waals surface area contributed by atoms with Crippen LogP contribution in [0.5, 0.6) is 11.5 Å². The van der Waals surface area contributed by atoms with Crippen LogP contribution >= 0.6 is 11.3 Å². The summed E-state index contributed by atoms with van der Waals surface area (Å²) in [7, 11) is 3.26. The lowest BCUT2D eigenvalue weighted by Crippen LogP contribution is -2.46. The molecule has 1 saturated carbocycles. The van der Waals surface area contributed by atoms with Crippen molar-refractivity contribution in [2.24, 2.45) is 5.92 Å². The molecule has 1 aliphatic carbocycles. The highest BCUT2D eigenvalue weighted by Gasteiger charge is 2.46. The number of thiophene rings is 1. The number of nitrogens with zero attached hydrogens (tertiary/aromatic N) is 3. The molecule has 2 aliphatic rings. The molecule has 5 rings (SSSR count). The van der Waals surface area contributed by atoms with Gasteiger partial charge in [0.05, 0.1) is 27.3 Å². The van der Waals surface area contributed by atoms with Gasteiger partial charge in [-0.15, -0.1) is 11.3 Å². The summed E-state index contributed by atoms with van der Waals surface area (Å²) in [5, 5.41) is 2.07. The normalized spacial score (nSPS) is 18.1. The second kappa shape index (κ2) is 14.2. The van der Waals surface area contributed by atoms with Gasteiger partial charge in [0.25, 0.3) is 0 Å². The smallest absolute Gasteiger partial charge is 0.242 e. The van der Waals surface area contributed by atoms with Gasteiger partial charge in [0.1, 0.15) is 0 Å². The zero-order valence-corrected chi connectivity index (χ0v) is 25.9. The number of carbonyl (C=O) groups excluding carboxylic acids is 2. The fraction of sp³-hybridized carbons (Fsp3) is 0.471. The molecule has 7 nitrogen and oxygen atoms in total. The van der Waals surface area contributed by atoms with E-state index in [2.05, 4.69) is 35.4 Å². The Balaban J connectivity index is 1.30. The molecule has 2 amide bonds. The molecular weight excluding hydrogens is 546 g/mol. The summed E-state index contributed by atoms with van der Waals surface area (Å²) in [6.07, 6.45) is 3.94. The molecule has 1 aliphatic heterocycles. The first-order valence-corrected chi connectivity index (χ1v) is 15.9. The van der Waals surface area contributed by atoms with Gasteiger partial charge in [0.15, 0.2) is 11.5 Å². The molecule has 8 heteroatoms. The Bertz CT molecular complexity index is 1340. The van der Waals surface area contributed by atoms with Crippen LogP contribution in [0, 0.1) is 12.8 Å². The Morgan fingerprint density at radius 3 is 2.40 bits per heavy atom. The van der Waals surface area contributed by atoms with Crippen molar-refractivity contribution >= 4 is 23.2 Å². The van der Waals surface area contributed by atoms with Crippen molar-refractivity contribution in [1.82, 2.24) is 14.7 Å². The van der Waals surface area contributed by atoms with E-state index in [1.807, 2.05) is 46.2 Å². The number of hydrogen-bond acceptors (Lipinski definition) is 6. The van der Waals surface area contributed by atoms with E-state index in [0.717, 1.165) is 31.6 Å². The highest BCUT2D eigenvalue weighted by atomic mass is 32.1. The van der Waals surface area contributed by atoms with Crippen molar-refractivity contribution in [3.05, 3.63) is 81.5 Å². The molecule has 2 fully saturated rings. The molecular formula is C34H43N3O4S. The lowest BCUT2D eigenvalue weighted by molar-refractivity contribution is -0.141. The van der Waals surface area contributed by atoms with E-state index in [1.165, 1.54) is 28.8 Å². The van der Waals surface area contributed by atoms with E-state index < -0.39 is 0 Å². The zero-order chi connectivity index (χ0) is 29.5. The first-order valence-electron chi connectivity index (χ1n) is 15.0. The Morgan fingerprint density at radius 1 is 0.952 bits per heavy atom. The maximum absolute atomic E-state index is 14.0. The minimum Gasteiger partial charge on any atom is -0.493 e. The lowest BCUT2D eigenvalue weighted by atomic mass is 10.1. The van der Waals surface area contributed by atoms with Crippen molar-refractivity contribution in [2.45, 2.75) is 45.1 Å². The van der Waals surface area contributed by atoms with Crippen LogP contribution in [-0.2, 0) is 22.6 Å². The number of ether oxygens (including phenoxy) is 2. The Hall–Kier alpha value is -3.36. The van der Waals surface area contributed by atoms with Gasteiger partial charge in [-0.3, -0.25) is 9.59 Å². The molecule has 0 radical (unpaired) electrons. The van der Waals surface area contributed by atoms with Crippen LogP contribution in [-0.4, -0.2) is 80.0 Å². The predicted molar refractivity (Wildman–Crippen MR) is 167 cm³/mol. The molecule has 3 aromatic rings. The third-order valence-electron chi connectivity index (χ3n) is 8.63. The van der Waals surface area contributed by atoms with Crippen molar-refractivity contribution in [3.8, 4) is 11.5 Å². The first kappa shape index (κ1) is 30.1. The fourth-order valence-corrected chi connectivity index (χ4v) is 6.82. The van der Waals surface area contributed by atoms with Crippen LogP contribution in [0.25, 0.3) is 0 Å². The molecule has 1 aromatic heterocycles. The average molecular weight is 590 g/mol. The quantitative estimate of drug-likeness (QED) is 0.253. The van der Waals surface area contributed by atoms with Crippen LogP contribution in [0.3, 0.4) is 0 Å². The minimum atomic E-state index is -0.0430. The first-order chi connectivity index (χ1) is 20.5. The summed E-state index contributed by atoms with van der Waals surface area (Å²) < 4.78 is 10.9. The van der Waals surface area contributed by atoms with Gasteiger partial charge in [-0.25, -0.2) is 0 Å². The Morgan fingerprint density at radius 2 is 1.71 bits per heavy atom. The predicted octanol–water partition coefficient (Wildman–Crippen LogP) is 5.37. The second-order valence-electron chi connectivity index (χ2n) is 11.4. The molecule has 0 spiro atoms. The molecule has 42 heavy (non-hydrogen) atoms. The molecule has 224 valence electrons. The van der Waals surface area contributed by atoms with Crippen molar-refractivity contribution in [2.75, 3.05) is 53.5 Å². The van der Waals surface area contributed by atoms with Crippen molar-refractivity contribution in [1.29, 1.82) is 0 Å². The van der Waals surface area contributed by atoms with Crippen molar-refractivity contribution < 1.29 is 19.1 Å². The number of carbonyl (C=O) groups is 2. The third-order valence-corrected chi connectivity index (χ3v) is 9.64. The SMILES string of the molecule is COc1ccc(CCN(Cc2sccc2C)C(=O)CN(CCN2CCCC2)C(=O)C2CC2c2ccccc2)cc1OC. The third kappa shape index (κ3) is 7.53. The number of hydrogen-bond donors (Lipinski definition) is 0. The number of amides is 2. The van der Waals surface area contributed by atoms with Crippen molar-refractivity contribution in [3.63, 3.8) is 0 Å². The lowest BCUT2D eigenvalue weighted by Gasteiger charge is -2.29. The number of aryl methyl sites for hydroxylation is 1. The number of rotatable bonds is 14. The van der Waals surface area contributed by atoms with E-state index in [0.29, 0.717) is 37.6 Å². The van der Waals surface area contributed by atoms with E-state index in [-0.39, 0.29) is 30.2 Å². The van der Waals surface area contributed by atoms with Crippen LogP contribution in [0.2, 0.25) is 0 Å². The molecule has 2 unspecified atom stereocenters. The molecule has 2 heterocycles. The second-order valence-corrected chi connectivity index (χ2v) is 12.4. The van der Waals surface area contributed by atoms with E-state index in [1.54, 1.807) is 25.6 Å². The summed E-state index contributed by atoms with van der Waals surface area (Å²) in [6, 6.07) is 18.3. The standard InChI is InChI=1S/C34H43N3O4S/c1-25-14-20-42-32(25)23-36(17-13-26-11-12-30(40-2)31(21-26)41-3)33(38)24-37(19-18-35-15-7-8-16-35)34(39)29-22-28(29)27-9-5-4-6-10-27/h4-6,9-12,14,20-21,28-29H,7-8,13,15-19,22-24H2,1-3H3. The minimum absolute atomic E-state index is 0.00467. The maximum Gasteiger partial charge on any atom is 0.242 e. The van der Waals surface area contributed by atoms with Gasteiger partial charge < -0.3 is 24.2 Å². The molecule has 2 aromatic carbocycles. The van der Waals surface area contributed by atoms with Crippen LogP contribution in [0.15, 0.2) is 60.0 Å². The van der Waals surface area contributed by atoms with Gasteiger partial charge >= 0.3 is 0 Å². The number of likely N-dealkylation sites (tertiary alicyclic amines) is 1. The molecule has 0 N–H and O–H groups in total. The highest BCUT2D eigenvalue weighted by molar-refractivity contribution is 7.10. The summed E-state index contributed by atoms with van der Waals surface area (Å²) in [4.78, 5) is 35.2. The van der Waals surface area contributed by atoms with Gasteiger partial charge in [0, 0.05) is 30.4 Å². The van der Waals surface area contributed by atoms with Crippen LogP contribution < -0.4 is 9.47 Å². The van der Waals surface area contributed by atoms with Crippen LogP contribution in [0.1, 0.15) is 46.7 Å². The number of benzene rings is 2. The van der Waals surface area contributed by atoms with Gasteiger partial charge in [0.2, 0.25) is 11.8 Å². The van der Waals surface area contributed by atoms with Gasteiger partial charge in [-0.2, -0.15) is 0 Å². The molecule has 0 bridgehead atoms. The van der Waals surface area contributed by atoms with E-state index in [4.69, 9.17) is 9.47 Å². The van der Waals surface area contributed by atoms with Crippen LogP contribution in [0.4, 0.5) is 0 Å². The van der Waals surface area contributed by atoms with E-state index in [9.17, 15) is 9.59 Å². The summed E-state index contributed by atoms with van der Waals surface area (Å²) in [5.41, 5.74) is 3.47. The topological polar surface area (TPSA) is 62.3 Å². The average Bonchev–Trinajstić information content (AvgIpc) is 3.44. The summed E-state index contributed by atoms with van der Waals surface area (Å²) in [5.74, 6) is 1.68. The maximum atomic E-state index is 14.0. The largest absolute Gasteiger partial charge is 0.493 e. The zero-order valence-electron chi connectivity index (χ0n) is 25.1. The fourth-order valence-electron chi connectivity index (χ4n) is 5.90. The molecule has 2 atom stereocenters. The Labute approximate surface area is 254 Å². The van der Waals surface area contributed by atoms with Gasteiger partial charge in [-0.1, -0.05) is 36.4 Å². The van der Waals surface area contributed by atoms with Gasteiger partial charge in [-0.05, 0) is 91.9 Å². The molecule has 1 saturated heterocycles. The monoisotopic (exact) mass is 589 g/mol. The summed E-state index contributed by atoms with van der Waals surface area (Å²) >= 11 is 1.68. The highest BCUT2D eigenvalue weighted by Crippen LogP contribution is 2.48. The summed E-state index contributed by atoms with van der Waals surface area (Å²) in [6.45, 7) is 6.84. The van der Waals surface area contributed by atoms with E-state index >= 15 is 0 Å². The number of methoxy groups -OCH3 is 2.